The summed E-state index contributed by atoms with van der Waals surface area (Å²) in [4.78, 5) is 9.97. The molecule has 0 aromatic carbocycles. The van der Waals surface area contributed by atoms with Gasteiger partial charge in [-0.1, -0.05) is 0 Å². The molecule has 0 spiro atoms. The zero-order valence-electron chi connectivity index (χ0n) is 3.82. The number of rotatable bonds is 1. The first-order chi connectivity index (χ1) is 2.81. The second-order valence-corrected chi connectivity index (χ2v) is 1.65. The van der Waals surface area contributed by atoms with Gasteiger partial charge in [0.25, 0.3) is 0 Å². The van der Waals surface area contributed by atoms with E-state index in [2.05, 4.69) is 4.74 Å². The maximum Gasteiger partial charge on any atom is 0.322 e. The number of hydrogen-bond donors (Lipinski definition) is 0. The third-order valence-electron chi connectivity index (χ3n) is 0.390. The van der Waals surface area contributed by atoms with Gasteiger partial charge in [-0.05, 0) is 15.2 Å². The summed E-state index contributed by atoms with van der Waals surface area (Å²) in [5, 5.41) is 0. The van der Waals surface area contributed by atoms with Gasteiger partial charge in [0.1, 0.15) is 0 Å². The van der Waals surface area contributed by atoms with Gasteiger partial charge in [0.2, 0.25) is 0 Å². The number of carbonyl (C=O) groups is 1. The Hall–Kier alpha value is -0.100. The summed E-state index contributed by atoms with van der Waals surface area (Å²) in [6, 6.07) is 0. The Kier molecular flexibility index (Phi) is 3.05. The Morgan fingerprint density at radius 1 is 1.83 bits per heavy atom. The number of hydrogen-bond acceptors (Lipinski definition) is 2. The molecule has 0 fully saturated rings. The molecule has 0 N–H and O–H groups in total. The molecular formula is C3H7O2P. The van der Waals surface area contributed by atoms with Crippen molar-refractivity contribution in [3.8, 4) is 0 Å². The molecule has 2 nitrogen and oxygen atoms in total. The minimum absolute atomic E-state index is 0.130. The van der Waals surface area contributed by atoms with E-state index < -0.39 is 0 Å². The van der Waals surface area contributed by atoms with Crippen LogP contribution in [0.3, 0.4) is 0 Å². The minimum Gasteiger partial charge on any atom is -0.466 e. The van der Waals surface area contributed by atoms with Crippen LogP contribution < -0.4 is 0 Å². The van der Waals surface area contributed by atoms with E-state index in [1.54, 1.807) is 6.66 Å². The van der Waals surface area contributed by atoms with Gasteiger partial charge in [-0.25, -0.2) is 4.79 Å². The molecule has 0 aliphatic heterocycles. The predicted molar refractivity (Wildman–Crippen MR) is 26.6 cm³/mol. The maximum absolute atomic E-state index is 9.97. The van der Waals surface area contributed by atoms with Crippen molar-refractivity contribution in [1.82, 2.24) is 0 Å². The van der Waals surface area contributed by atoms with Crippen LogP contribution in [-0.2, 0) is 4.74 Å². The van der Waals surface area contributed by atoms with Crippen LogP contribution in [-0.4, -0.2) is 19.5 Å². The first-order valence-electron chi connectivity index (χ1n) is 1.57. The molecule has 1 atom stereocenters. The topological polar surface area (TPSA) is 26.3 Å². The van der Waals surface area contributed by atoms with Crippen molar-refractivity contribution in [2.24, 2.45) is 0 Å². The Morgan fingerprint density at radius 2 is 2.33 bits per heavy atom. The lowest BCUT2D eigenvalue weighted by Gasteiger charge is -1.87. The second-order valence-electron chi connectivity index (χ2n) is 0.742. The SMILES string of the molecule is COC(=O)PC. The van der Waals surface area contributed by atoms with E-state index in [9.17, 15) is 4.79 Å². The first-order valence-corrected chi connectivity index (χ1v) is 3.07. The lowest BCUT2D eigenvalue weighted by atomic mass is 11.5. The number of ether oxygens (including phenoxy) is 1. The Morgan fingerprint density at radius 3 is 2.33 bits per heavy atom. The van der Waals surface area contributed by atoms with Gasteiger partial charge in [0.05, 0.1) is 7.11 Å². The van der Waals surface area contributed by atoms with Gasteiger partial charge in [0.15, 0.2) is 0 Å². The summed E-state index contributed by atoms with van der Waals surface area (Å²) < 4.78 is 4.27. The standard InChI is InChI=1S/C3H7O2P/c1-5-3(4)6-2/h6H,1-2H3. The van der Waals surface area contributed by atoms with Crippen molar-refractivity contribution in [3.63, 3.8) is 0 Å². The zero-order valence-corrected chi connectivity index (χ0v) is 4.82. The highest BCUT2D eigenvalue weighted by atomic mass is 31.1. The zero-order chi connectivity index (χ0) is 4.99. The summed E-state index contributed by atoms with van der Waals surface area (Å²) in [5.74, 6) is 0. The molecule has 0 heterocycles. The monoisotopic (exact) mass is 106 g/mol. The normalized spacial score (nSPS) is 9.67. The van der Waals surface area contributed by atoms with E-state index in [0.29, 0.717) is 0 Å². The largest absolute Gasteiger partial charge is 0.466 e. The fraction of sp³-hybridized carbons (Fsp3) is 0.667. The van der Waals surface area contributed by atoms with Crippen molar-refractivity contribution < 1.29 is 9.53 Å². The molecule has 0 rings (SSSR count). The van der Waals surface area contributed by atoms with E-state index in [1.807, 2.05) is 0 Å². The van der Waals surface area contributed by atoms with Crippen LogP contribution in [0.2, 0.25) is 0 Å². The van der Waals surface area contributed by atoms with Crippen LogP contribution in [0.25, 0.3) is 0 Å². The van der Waals surface area contributed by atoms with Gasteiger partial charge < -0.3 is 4.74 Å². The van der Waals surface area contributed by atoms with E-state index in [4.69, 9.17) is 0 Å². The van der Waals surface area contributed by atoms with Gasteiger partial charge in [0, 0.05) is 0 Å². The van der Waals surface area contributed by atoms with E-state index in [0.717, 1.165) is 0 Å². The molecule has 6 heavy (non-hydrogen) atoms. The molecule has 3 heteroatoms. The molecule has 36 valence electrons. The quantitative estimate of drug-likeness (QED) is 0.467. The molecule has 0 saturated heterocycles. The van der Waals surface area contributed by atoms with Crippen LogP contribution in [0.15, 0.2) is 0 Å². The first kappa shape index (κ1) is 5.90. The van der Waals surface area contributed by atoms with Crippen molar-refractivity contribution in [3.05, 3.63) is 0 Å². The van der Waals surface area contributed by atoms with Crippen LogP contribution in [0.5, 0.6) is 0 Å². The summed E-state index contributed by atoms with van der Waals surface area (Å²) in [6.45, 7) is 1.78. The maximum atomic E-state index is 9.97. The van der Waals surface area contributed by atoms with Crippen LogP contribution >= 0.6 is 8.58 Å². The average molecular weight is 106 g/mol. The number of methoxy groups -OCH3 is 1. The third kappa shape index (κ3) is 2.16. The molecule has 0 saturated carbocycles. The van der Waals surface area contributed by atoms with Gasteiger partial charge >= 0.3 is 5.71 Å². The molecule has 0 amide bonds. The van der Waals surface area contributed by atoms with E-state index in [-0.39, 0.29) is 14.3 Å². The molecule has 0 aliphatic carbocycles. The highest BCUT2D eigenvalue weighted by Crippen LogP contribution is 2.03. The third-order valence-corrected chi connectivity index (χ3v) is 1.00. The smallest absolute Gasteiger partial charge is 0.322 e. The lowest BCUT2D eigenvalue weighted by Crippen LogP contribution is -1.84. The van der Waals surface area contributed by atoms with Crippen LogP contribution in [0, 0.1) is 0 Å². The predicted octanol–water partition coefficient (Wildman–Crippen LogP) is 1.06. The highest BCUT2D eigenvalue weighted by Gasteiger charge is 1.87. The molecule has 0 aromatic rings. The molecule has 0 bridgehead atoms. The highest BCUT2D eigenvalue weighted by molar-refractivity contribution is 7.56. The Bertz CT molecular complexity index is 46.8. The average Bonchev–Trinajstić information content (AvgIpc) is 1.65. The number of carbonyl (C=O) groups excluding carboxylic acids is 1. The Balaban J connectivity index is 2.99. The van der Waals surface area contributed by atoms with E-state index >= 15 is 0 Å². The van der Waals surface area contributed by atoms with Gasteiger partial charge in [-0.2, -0.15) is 0 Å². The summed E-state index contributed by atoms with van der Waals surface area (Å²) in [6.07, 6.45) is 0. The molecule has 0 radical (unpaired) electrons. The van der Waals surface area contributed by atoms with Gasteiger partial charge in [-0.3, -0.25) is 0 Å². The second kappa shape index (κ2) is 3.10. The van der Waals surface area contributed by atoms with Crippen LogP contribution in [0.1, 0.15) is 0 Å². The molecular weight excluding hydrogens is 99.0 g/mol. The lowest BCUT2D eigenvalue weighted by molar-refractivity contribution is 0.199. The van der Waals surface area contributed by atoms with Gasteiger partial charge in [-0.15, -0.1) is 0 Å². The summed E-state index contributed by atoms with van der Waals surface area (Å²) >= 11 is 0. The summed E-state index contributed by atoms with van der Waals surface area (Å²) in [7, 11) is 1.66. The molecule has 0 aromatic heterocycles. The van der Waals surface area contributed by atoms with E-state index in [1.165, 1.54) is 7.11 Å². The fourth-order valence-electron chi connectivity index (χ4n) is 0.102. The Labute approximate surface area is 38.7 Å². The van der Waals surface area contributed by atoms with Crippen molar-refractivity contribution in [1.29, 1.82) is 0 Å². The molecule has 0 aliphatic rings. The van der Waals surface area contributed by atoms with Crippen molar-refractivity contribution >= 4 is 14.3 Å². The minimum atomic E-state index is -0.130. The van der Waals surface area contributed by atoms with Crippen molar-refractivity contribution in [2.75, 3.05) is 13.8 Å². The van der Waals surface area contributed by atoms with Crippen molar-refractivity contribution in [2.45, 2.75) is 0 Å². The molecule has 1 unspecified atom stereocenters. The fourth-order valence-corrected chi connectivity index (χ4v) is 0.306. The summed E-state index contributed by atoms with van der Waals surface area (Å²) in [5.41, 5.74) is -0.130. The van der Waals surface area contributed by atoms with Crippen LogP contribution in [0.4, 0.5) is 4.79 Å².